The standard InChI is InChI=1S/C23H27N5O2/c1-14-9-11-17(12-10-14)13-26-21(29)19-20(25(4)23(26)30)24-22-27(18-7-5-6-8-18)15(2)16(3)28(19)22/h9-12,18H,5-8,13H2,1-4H3. The molecule has 0 aliphatic heterocycles. The molecule has 1 fully saturated rings. The monoisotopic (exact) mass is 405 g/mol. The highest BCUT2D eigenvalue weighted by atomic mass is 16.2. The van der Waals surface area contributed by atoms with E-state index in [0.29, 0.717) is 17.2 Å². The van der Waals surface area contributed by atoms with Gasteiger partial charge < -0.3 is 4.57 Å². The maximum absolute atomic E-state index is 13.5. The van der Waals surface area contributed by atoms with E-state index >= 15 is 0 Å². The van der Waals surface area contributed by atoms with Crippen molar-refractivity contribution in [3.8, 4) is 0 Å². The van der Waals surface area contributed by atoms with Gasteiger partial charge in [-0.25, -0.2) is 4.79 Å². The third kappa shape index (κ3) is 2.61. The van der Waals surface area contributed by atoms with Crippen LogP contribution in [0.15, 0.2) is 33.9 Å². The molecule has 0 spiro atoms. The molecule has 3 heterocycles. The molecule has 7 nitrogen and oxygen atoms in total. The second-order valence-corrected chi connectivity index (χ2v) is 8.62. The molecular weight excluding hydrogens is 378 g/mol. The summed E-state index contributed by atoms with van der Waals surface area (Å²) in [6.45, 7) is 6.39. The molecule has 7 heteroatoms. The normalized spacial score (nSPS) is 15.1. The summed E-state index contributed by atoms with van der Waals surface area (Å²) >= 11 is 0. The highest BCUT2D eigenvalue weighted by Gasteiger charge is 2.27. The molecule has 0 atom stereocenters. The molecule has 1 aliphatic carbocycles. The summed E-state index contributed by atoms with van der Waals surface area (Å²) in [4.78, 5) is 31.4. The van der Waals surface area contributed by atoms with Crippen LogP contribution in [0.1, 0.15) is 54.2 Å². The molecule has 4 aromatic rings. The summed E-state index contributed by atoms with van der Waals surface area (Å²) in [6.07, 6.45) is 4.69. The van der Waals surface area contributed by atoms with Gasteiger partial charge >= 0.3 is 5.69 Å². The minimum Gasteiger partial charge on any atom is -0.311 e. The average molecular weight is 406 g/mol. The van der Waals surface area contributed by atoms with Gasteiger partial charge in [0.2, 0.25) is 5.78 Å². The van der Waals surface area contributed by atoms with Crippen molar-refractivity contribution in [2.45, 2.75) is 59.0 Å². The average Bonchev–Trinajstić information content (AvgIpc) is 3.43. The lowest BCUT2D eigenvalue weighted by Crippen LogP contribution is -2.39. The zero-order valence-electron chi connectivity index (χ0n) is 18.0. The van der Waals surface area contributed by atoms with E-state index < -0.39 is 0 Å². The molecule has 1 aliphatic rings. The van der Waals surface area contributed by atoms with E-state index in [-0.39, 0.29) is 17.8 Å². The molecule has 0 radical (unpaired) electrons. The van der Waals surface area contributed by atoms with Crippen LogP contribution in [0.4, 0.5) is 0 Å². The first-order valence-corrected chi connectivity index (χ1v) is 10.6. The van der Waals surface area contributed by atoms with E-state index in [1.54, 1.807) is 7.05 Å². The minimum absolute atomic E-state index is 0.246. The summed E-state index contributed by atoms with van der Waals surface area (Å²) < 4.78 is 7.06. The molecule has 3 aromatic heterocycles. The molecule has 0 bridgehead atoms. The maximum atomic E-state index is 13.5. The van der Waals surface area contributed by atoms with Gasteiger partial charge in [-0.2, -0.15) is 4.98 Å². The fraction of sp³-hybridized carbons (Fsp3) is 0.435. The van der Waals surface area contributed by atoms with E-state index in [1.807, 2.05) is 42.5 Å². The second kappa shape index (κ2) is 6.72. The highest BCUT2D eigenvalue weighted by Crippen LogP contribution is 2.34. The van der Waals surface area contributed by atoms with Crippen LogP contribution in [0.3, 0.4) is 0 Å². The van der Waals surface area contributed by atoms with Crippen LogP contribution < -0.4 is 11.2 Å². The first-order valence-electron chi connectivity index (χ1n) is 10.6. The lowest BCUT2D eigenvalue weighted by Gasteiger charge is -2.13. The Bertz CT molecular complexity index is 1390. The number of rotatable bonds is 3. The Balaban J connectivity index is 1.79. The molecule has 0 unspecified atom stereocenters. The summed E-state index contributed by atoms with van der Waals surface area (Å²) in [6, 6.07) is 8.32. The second-order valence-electron chi connectivity index (χ2n) is 8.62. The minimum atomic E-state index is -0.337. The van der Waals surface area contributed by atoms with Crippen molar-refractivity contribution in [3.05, 3.63) is 67.6 Å². The zero-order valence-corrected chi connectivity index (χ0v) is 18.0. The number of aryl methyl sites for hydroxylation is 3. The van der Waals surface area contributed by atoms with Crippen molar-refractivity contribution >= 4 is 16.9 Å². The topological polar surface area (TPSA) is 66.2 Å². The summed E-state index contributed by atoms with van der Waals surface area (Å²) in [5.74, 6) is 0.770. The predicted molar refractivity (Wildman–Crippen MR) is 117 cm³/mol. The number of fused-ring (bicyclic) bond motifs is 3. The van der Waals surface area contributed by atoms with Crippen LogP contribution >= 0.6 is 0 Å². The van der Waals surface area contributed by atoms with Gasteiger partial charge in [0, 0.05) is 24.5 Å². The molecule has 30 heavy (non-hydrogen) atoms. The molecular formula is C23H27N5O2. The van der Waals surface area contributed by atoms with Crippen molar-refractivity contribution in [2.75, 3.05) is 0 Å². The van der Waals surface area contributed by atoms with Crippen LogP contribution in [0.25, 0.3) is 16.9 Å². The van der Waals surface area contributed by atoms with E-state index in [9.17, 15) is 9.59 Å². The van der Waals surface area contributed by atoms with Gasteiger partial charge in [-0.15, -0.1) is 0 Å². The van der Waals surface area contributed by atoms with Crippen molar-refractivity contribution in [3.63, 3.8) is 0 Å². The van der Waals surface area contributed by atoms with Crippen LogP contribution in [0.5, 0.6) is 0 Å². The third-order valence-corrected chi connectivity index (χ3v) is 6.71. The Morgan fingerprint density at radius 2 is 1.67 bits per heavy atom. The van der Waals surface area contributed by atoms with E-state index in [1.165, 1.54) is 22.0 Å². The van der Waals surface area contributed by atoms with Crippen LogP contribution in [-0.2, 0) is 13.6 Å². The SMILES string of the molecule is Cc1ccc(Cn2c(=O)c3c(nc4n(C5CCCC5)c(C)c(C)n34)n(C)c2=O)cc1. The van der Waals surface area contributed by atoms with Crippen LogP contribution in [0.2, 0.25) is 0 Å². The Kier molecular flexibility index (Phi) is 4.24. The fourth-order valence-corrected chi connectivity index (χ4v) is 4.89. The number of benzene rings is 1. The first-order chi connectivity index (χ1) is 14.4. The smallest absolute Gasteiger partial charge is 0.311 e. The van der Waals surface area contributed by atoms with Crippen molar-refractivity contribution < 1.29 is 0 Å². The Hall–Kier alpha value is -3.09. The van der Waals surface area contributed by atoms with Crippen molar-refractivity contribution in [1.29, 1.82) is 0 Å². The first kappa shape index (κ1) is 18.9. The predicted octanol–water partition coefficient (Wildman–Crippen LogP) is 3.24. The van der Waals surface area contributed by atoms with Gasteiger partial charge in [-0.3, -0.25) is 18.3 Å². The number of hydrogen-bond donors (Lipinski definition) is 0. The largest absolute Gasteiger partial charge is 0.332 e. The highest BCUT2D eigenvalue weighted by molar-refractivity contribution is 5.76. The quantitative estimate of drug-likeness (QED) is 0.526. The van der Waals surface area contributed by atoms with Crippen LogP contribution in [-0.4, -0.2) is 23.1 Å². The number of aromatic nitrogens is 5. The van der Waals surface area contributed by atoms with Gasteiger partial charge in [0.05, 0.1) is 6.54 Å². The summed E-state index contributed by atoms with van der Waals surface area (Å²) in [7, 11) is 1.70. The molecule has 5 rings (SSSR count). The molecule has 1 saturated carbocycles. The Labute approximate surface area is 174 Å². The molecule has 0 amide bonds. The molecule has 0 N–H and O–H groups in total. The van der Waals surface area contributed by atoms with Gasteiger partial charge in [0.15, 0.2) is 11.2 Å². The van der Waals surface area contributed by atoms with Gasteiger partial charge in [-0.1, -0.05) is 42.7 Å². The van der Waals surface area contributed by atoms with Gasteiger partial charge in [0.1, 0.15) is 0 Å². The van der Waals surface area contributed by atoms with Crippen molar-refractivity contribution in [1.82, 2.24) is 23.1 Å². The third-order valence-electron chi connectivity index (χ3n) is 6.71. The number of nitrogens with zero attached hydrogens (tertiary/aromatic N) is 5. The maximum Gasteiger partial charge on any atom is 0.332 e. The Morgan fingerprint density at radius 3 is 2.33 bits per heavy atom. The van der Waals surface area contributed by atoms with E-state index in [4.69, 9.17) is 4.98 Å². The molecule has 1 aromatic carbocycles. The van der Waals surface area contributed by atoms with Crippen LogP contribution in [0, 0.1) is 20.8 Å². The molecule has 156 valence electrons. The van der Waals surface area contributed by atoms with Crippen molar-refractivity contribution in [2.24, 2.45) is 7.05 Å². The lowest BCUT2D eigenvalue weighted by atomic mass is 10.1. The Morgan fingerprint density at radius 1 is 1.00 bits per heavy atom. The van der Waals surface area contributed by atoms with Gasteiger partial charge in [0.25, 0.3) is 5.56 Å². The number of hydrogen-bond acceptors (Lipinski definition) is 3. The number of imidazole rings is 2. The van der Waals surface area contributed by atoms with E-state index in [0.717, 1.165) is 41.1 Å². The lowest BCUT2D eigenvalue weighted by molar-refractivity contribution is 0.520. The van der Waals surface area contributed by atoms with E-state index in [2.05, 4.69) is 11.5 Å². The summed E-state index contributed by atoms with van der Waals surface area (Å²) in [5, 5.41) is 0. The fourth-order valence-electron chi connectivity index (χ4n) is 4.89. The van der Waals surface area contributed by atoms with Gasteiger partial charge in [-0.05, 0) is 39.2 Å². The summed E-state index contributed by atoms with van der Waals surface area (Å²) in [5.41, 5.74) is 4.54. The zero-order chi connectivity index (χ0) is 21.2. The molecule has 0 saturated heterocycles.